The summed E-state index contributed by atoms with van der Waals surface area (Å²) < 4.78 is 68.8. The van der Waals surface area contributed by atoms with Crippen LogP contribution in [0.5, 0.6) is 0 Å². The Morgan fingerprint density at radius 3 is 1.13 bits per heavy atom. The van der Waals surface area contributed by atoms with Crippen LogP contribution < -0.4 is 11.5 Å². The molecule has 5 rings (SSSR count). The molecule has 328 valence electrons. The summed E-state index contributed by atoms with van der Waals surface area (Å²) >= 11 is 4.93. The van der Waals surface area contributed by atoms with Crippen molar-refractivity contribution in [2.24, 2.45) is 11.5 Å². The molecule has 5 aromatic rings. The van der Waals surface area contributed by atoms with Gasteiger partial charge in [0.1, 0.15) is 35.3 Å². The minimum atomic E-state index is -3.20. The van der Waals surface area contributed by atoms with E-state index in [1.807, 2.05) is 24.3 Å². The minimum Gasteiger partial charge on any atom is -0.325 e. The number of rotatable bonds is 10. The summed E-state index contributed by atoms with van der Waals surface area (Å²) in [5, 5.41) is 25.2. The molecule has 0 aliphatic carbocycles. The number of nitriles is 3. The van der Waals surface area contributed by atoms with Gasteiger partial charge in [0, 0.05) is 53.4 Å². The van der Waals surface area contributed by atoms with E-state index in [1.54, 1.807) is 75.3 Å². The molecule has 0 radical (unpaired) electrons. The van der Waals surface area contributed by atoms with E-state index in [-0.39, 0.29) is 57.5 Å². The van der Waals surface area contributed by atoms with Crippen molar-refractivity contribution in [3.05, 3.63) is 125 Å². The highest BCUT2D eigenvalue weighted by molar-refractivity contribution is 9.10. The number of hydrogen-bond acceptors (Lipinski definition) is 17. The molecule has 0 amide bonds. The molecule has 0 aromatic carbocycles. The number of aromatic nitrogens is 5. The Bertz CT molecular complexity index is 2420. The van der Waals surface area contributed by atoms with E-state index in [9.17, 15) is 25.3 Å². The summed E-state index contributed by atoms with van der Waals surface area (Å²) in [5.74, 6) is 1.27. The molecule has 0 bridgehead atoms. The normalized spacial score (nSPS) is 10.1. The SMILES string of the molecule is C.CCS(=O)(=O)c1ccc(C#N)nc1.CCS(=O)(=O)c1ccc(CN)nc1.CCS(=O)(=O)c1ccc(CN)nc1.CCSc1ccc(C#N)nc1.Cl.N#Cc1ccc(Br)cn1. The maximum absolute atomic E-state index is 11.3. The van der Waals surface area contributed by atoms with E-state index in [0.29, 0.717) is 35.9 Å². The monoisotopic (exact) mass is 994 g/mol. The van der Waals surface area contributed by atoms with E-state index in [1.165, 1.54) is 42.9 Å². The molecule has 0 atom stereocenters. The van der Waals surface area contributed by atoms with Crippen molar-refractivity contribution in [3.8, 4) is 18.2 Å². The highest BCUT2D eigenvalue weighted by atomic mass is 79.9. The lowest BCUT2D eigenvalue weighted by molar-refractivity contribution is 0.595. The van der Waals surface area contributed by atoms with Gasteiger partial charge in [0.05, 0.1) is 43.3 Å². The molecule has 4 N–H and O–H groups in total. The van der Waals surface area contributed by atoms with E-state index in [4.69, 9.17) is 27.3 Å². The molecular formula is C39H48BrClN10O6S4. The Labute approximate surface area is 378 Å². The van der Waals surface area contributed by atoms with Gasteiger partial charge in [-0.2, -0.15) is 15.8 Å². The van der Waals surface area contributed by atoms with Crippen molar-refractivity contribution >= 4 is 69.6 Å². The standard InChI is InChI=1S/2C8H12N2O2S.C8H8N2O2S.C8H8N2S.C6H3BrN2.CH4.ClH/c3*1-2-13(11,12)8-4-3-7(5-9)10-6-8;1-2-11-8-4-3-7(5-9)10-6-8;7-5-1-2-6(3-8)9-4-5;;/h2*3-4,6H,2,5,9H2,1H3;3-4,6H,2H2,1H3;3-4,6H,2H2,1H3;1-2,4H;1H4;1H. The number of halogens is 2. The summed E-state index contributed by atoms with van der Waals surface area (Å²) in [7, 11) is -9.45. The van der Waals surface area contributed by atoms with Gasteiger partial charge in [-0.3, -0.25) is 9.97 Å². The second kappa shape index (κ2) is 30.2. The van der Waals surface area contributed by atoms with Crippen molar-refractivity contribution < 1.29 is 25.3 Å². The zero-order chi connectivity index (χ0) is 44.5. The van der Waals surface area contributed by atoms with Gasteiger partial charge in [-0.05, 0) is 82.3 Å². The molecule has 61 heavy (non-hydrogen) atoms. The maximum Gasteiger partial charge on any atom is 0.179 e. The largest absolute Gasteiger partial charge is 0.325 e. The third-order valence-electron chi connectivity index (χ3n) is 7.09. The van der Waals surface area contributed by atoms with Crippen LogP contribution in [0.15, 0.2) is 116 Å². The Morgan fingerprint density at radius 1 is 0.541 bits per heavy atom. The van der Waals surface area contributed by atoms with Crippen molar-refractivity contribution in [2.75, 3.05) is 23.0 Å². The highest BCUT2D eigenvalue weighted by Crippen LogP contribution is 2.15. The second-order valence-electron chi connectivity index (χ2n) is 11.0. The van der Waals surface area contributed by atoms with Gasteiger partial charge >= 0.3 is 0 Å². The average molecular weight is 997 g/mol. The molecule has 5 aromatic heterocycles. The number of nitrogens with two attached hydrogens (primary N) is 2. The number of sulfone groups is 3. The van der Waals surface area contributed by atoms with E-state index >= 15 is 0 Å². The molecule has 5 heterocycles. The Balaban J connectivity index is 0. The molecule has 16 nitrogen and oxygen atoms in total. The Hall–Kier alpha value is -4.89. The summed E-state index contributed by atoms with van der Waals surface area (Å²) in [4.78, 5) is 21.0. The summed E-state index contributed by atoms with van der Waals surface area (Å²) in [5.41, 5.74) is 13.2. The van der Waals surface area contributed by atoms with Crippen LogP contribution in [0.2, 0.25) is 0 Å². The van der Waals surface area contributed by atoms with Crippen LogP contribution in [-0.4, -0.2) is 73.2 Å². The van der Waals surface area contributed by atoms with Crippen molar-refractivity contribution in [2.45, 2.75) is 67.8 Å². The zero-order valence-electron chi connectivity index (χ0n) is 33.0. The first-order valence-electron chi connectivity index (χ1n) is 17.3. The van der Waals surface area contributed by atoms with Crippen LogP contribution in [0.4, 0.5) is 0 Å². The average Bonchev–Trinajstić information content (AvgIpc) is 3.28. The lowest BCUT2D eigenvalue weighted by Gasteiger charge is -2.00. The van der Waals surface area contributed by atoms with Crippen LogP contribution in [0.1, 0.15) is 63.6 Å². The minimum absolute atomic E-state index is 0. The van der Waals surface area contributed by atoms with Gasteiger partial charge in [-0.15, -0.1) is 24.2 Å². The summed E-state index contributed by atoms with van der Waals surface area (Å²) in [6.45, 7) is 7.51. The van der Waals surface area contributed by atoms with Crippen molar-refractivity contribution in [1.29, 1.82) is 15.8 Å². The molecule has 0 unspecified atom stereocenters. The van der Waals surface area contributed by atoms with Crippen LogP contribution in [-0.2, 0) is 42.6 Å². The molecule has 22 heteroatoms. The zero-order valence-corrected chi connectivity index (χ0v) is 38.7. The first-order valence-corrected chi connectivity index (χ1v) is 24.1. The smallest absolute Gasteiger partial charge is 0.179 e. The fraction of sp³-hybridized carbons (Fsp3) is 0.282. The molecule has 0 spiro atoms. The highest BCUT2D eigenvalue weighted by Gasteiger charge is 2.13. The molecule has 0 saturated heterocycles. The Morgan fingerprint density at radius 2 is 0.885 bits per heavy atom. The third kappa shape index (κ3) is 21.5. The number of pyridine rings is 5. The topological polar surface area (TPSA) is 290 Å². The molecule has 0 aliphatic rings. The maximum atomic E-state index is 11.3. The fourth-order valence-electron chi connectivity index (χ4n) is 3.70. The second-order valence-corrected chi connectivity index (χ2v) is 20.1. The van der Waals surface area contributed by atoms with E-state index in [2.05, 4.69) is 47.8 Å². The number of thioether (sulfide) groups is 1. The van der Waals surface area contributed by atoms with Crippen LogP contribution >= 0.6 is 40.1 Å². The summed E-state index contributed by atoms with van der Waals surface area (Å²) in [6, 6.07) is 21.9. The summed E-state index contributed by atoms with van der Waals surface area (Å²) in [6.07, 6.45) is 7.23. The predicted molar refractivity (Wildman–Crippen MR) is 242 cm³/mol. The fourth-order valence-corrected chi connectivity index (χ4v) is 7.03. The van der Waals surface area contributed by atoms with Crippen molar-refractivity contribution in [3.63, 3.8) is 0 Å². The third-order valence-corrected chi connectivity index (χ3v) is 13.6. The van der Waals surface area contributed by atoms with E-state index < -0.39 is 29.5 Å². The van der Waals surface area contributed by atoms with Crippen LogP contribution in [0, 0.1) is 34.0 Å². The van der Waals surface area contributed by atoms with Gasteiger partial charge in [0.15, 0.2) is 29.5 Å². The van der Waals surface area contributed by atoms with Crippen molar-refractivity contribution in [1.82, 2.24) is 24.9 Å². The molecule has 0 aliphatic heterocycles. The van der Waals surface area contributed by atoms with Crippen LogP contribution in [0.3, 0.4) is 0 Å². The first-order chi connectivity index (χ1) is 28.0. The van der Waals surface area contributed by atoms with Crippen LogP contribution in [0.25, 0.3) is 0 Å². The lowest BCUT2D eigenvalue weighted by Crippen LogP contribution is -2.06. The molecular weight excluding hydrogens is 948 g/mol. The van der Waals surface area contributed by atoms with Gasteiger partial charge in [-0.25, -0.2) is 40.2 Å². The number of hydrogen-bond donors (Lipinski definition) is 2. The van der Waals surface area contributed by atoms with Gasteiger partial charge in [-0.1, -0.05) is 35.1 Å². The van der Waals surface area contributed by atoms with Gasteiger partial charge in [0.25, 0.3) is 0 Å². The lowest BCUT2D eigenvalue weighted by atomic mass is 10.4. The molecule has 0 fully saturated rings. The predicted octanol–water partition coefficient (Wildman–Crippen LogP) is 6.25. The number of nitrogens with zero attached hydrogens (tertiary/aromatic N) is 8. The van der Waals surface area contributed by atoms with Gasteiger partial charge in [0.2, 0.25) is 0 Å². The molecule has 0 saturated carbocycles. The van der Waals surface area contributed by atoms with E-state index in [0.717, 1.165) is 15.1 Å². The quantitative estimate of drug-likeness (QED) is 0.146. The first kappa shape index (κ1) is 58.2. The van der Waals surface area contributed by atoms with Gasteiger partial charge < -0.3 is 11.5 Å². The Kier molecular flexibility index (Phi) is 28.8.